The molecular weight excluding hydrogens is 333 g/mol. The van der Waals surface area contributed by atoms with E-state index in [2.05, 4.69) is 47.4 Å². The average molecular weight is 352 g/mol. The van der Waals surface area contributed by atoms with Crippen molar-refractivity contribution in [2.45, 2.75) is 12.8 Å². The van der Waals surface area contributed by atoms with Crippen LogP contribution in [0.15, 0.2) is 91.1 Å². The first-order valence-electron chi connectivity index (χ1n) is 9.07. The third-order valence-electron chi connectivity index (χ3n) is 4.63. The van der Waals surface area contributed by atoms with Gasteiger partial charge in [0.05, 0.1) is 5.69 Å². The van der Waals surface area contributed by atoms with Crippen LogP contribution < -0.4 is 0 Å². The van der Waals surface area contributed by atoms with Crippen LogP contribution in [-0.2, 0) is 12.8 Å². The number of aryl methyl sites for hydroxylation is 2. The van der Waals surface area contributed by atoms with Crippen molar-refractivity contribution >= 4 is 0 Å². The maximum Gasteiger partial charge on any atom is 0.132 e. The third-order valence-corrected chi connectivity index (χ3v) is 4.63. The molecule has 0 saturated heterocycles. The van der Waals surface area contributed by atoms with Crippen LogP contribution in [0.3, 0.4) is 0 Å². The second-order valence-corrected chi connectivity index (χ2v) is 6.46. The lowest BCUT2D eigenvalue weighted by atomic mass is 9.95. The fourth-order valence-corrected chi connectivity index (χ4v) is 3.20. The zero-order valence-electron chi connectivity index (χ0n) is 14.9. The van der Waals surface area contributed by atoms with E-state index in [1.807, 2.05) is 36.5 Å². The predicted molar refractivity (Wildman–Crippen MR) is 108 cm³/mol. The third kappa shape index (κ3) is 3.95. The number of pyridine rings is 1. The van der Waals surface area contributed by atoms with Gasteiger partial charge in [0.25, 0.3) is 0 Å². The van der Waals surface area contributed by atoms with Gasteiger partial charge in [-0.3, -0.25) is 4.98 Å². The van der Waals surface area contributed by atoms with E-state index < -0.39 is 0 Å². The number of hydrogen-bond donors (Lipinski definition) is 0. The van der Waals surface area contributed by atoms with E-state index in [1.165, 1.54) is 11.6 Å². The second kappa shape index (κ2) is 7.96. The Kier molecular flexibility index (Phi) is 5.06. The molecule has 4 aromatic rings. The Morgan fingerprint density at radius 2 is 1.41 bits per heavy atom. The number of hydrogen-bond acceptors (Lipinski definition) is 1. The molecule has 0 atom stereocenters. The fourth-order valence-electron chi connectivity index (χ4n) is 3.20. The summed E-state index contributed by atoms with van der Waals surface area (Å²) < 4.78 is 14.2. The summed E-state index contributed by atoms with van der Waals surface area (Å²) in [6, 6.07) is 30.6. The molecule has 0 bridgehead atoms. The van der Waals surface area contributed by atoms with Gasteiger partial charge in [-0.2, -0.15) is 0 Å². The van der Waals surface area contributed by atoms with Crippen molar-refractivity contribution in [2.24, 2.45) is 0 Å². The minimum Gasteiger partial charge on any atom is -0.255 e. The molecule has 1 radical (unpaired) electrons. The first-order chi connectivity index (χ1) is 13.3. The summed E-state index contributed by atoms with van der Waals surface area (Å²) in [5.41, 5.74) is 5.47. The summed E-state index contributed by atoms with van der Waals surface area (Å²) in [7, 11) is 0. The molecule has 0 fully saturated rings. The van der Waals surface area contributed by atoms with Gasteiger partial charge < -0.3 is 0 Å². The van der Waals surface area contributed by atoms with Gasteiger partial charge in [-0.1, -0.05) is 72.8 Å². The Labute approximate surface area is 159 Å². The monoisotopic (exact) mass is 352 g/mol. The lowest BCUT2D eigenvalue weighted by Crippen LogP contribution is -1.98. The van der Waals surface area contributed by atoms with E-state index in [1.54, 1.807) is 12.1 Å². The van der Waals surface area contributed by atoms with Crippen LogP contribution in [0.1, 0.15) is 11.1 Å². The molecule has 0 amide bonds. The van der Waals surface area contributed by atoms with Crippen LogP contribution >= 0.6 is 0 Å². The minimum absolute atomic E-state index is 0.280. The zero-order valence-corrected chi connectivity index (χ0v) is 14.9. The zero-order chi connectivity index (χ0) is 18.5. The smallest absolute Gasteiger partial charge is 0.132 e. The molecule has 27 heavy (non-hydrogen) atoms. The number of rotatable bonds is 5. The largest absolute Gasteiger partial charge is 0.255 e. The highest BCUT2D eigenvalue weighted by Gasteiger charge is 2.12. The Morgan fingerprint density at radius 3 is 2.15 bits per heavy atom. The summed E-state index contributed by atoms with van der Waals surface area (Å²) in [5.74, 6) is -0.280. The average Bonchev–Trinajstić information content (AvgIpc) is 2.74. The number of benzene rings is 3. The van der Waals surface area contributed by atoms with E-state index in [-0.39, 0.29) is 5.82 Å². The molecule has 0 N–H and O–H groups in total. The number of halogens is 1. The van der Waals surface area contributed by atoms with Gasteiger partial charge in [-0.15, -0.1) is 0 Å². The molecule has 0 aliphatic rings. The maximum atomic E-state index is 14.2. The van der Waals surface area contributed by atoms with Gasteiger partial charge in [0.15, 0.2) is 0 Å². The van der Waals surface area contributed by atoms with Crippen LogP contribution in [0.5, 0.6) is 0 Å². The van der Waals surface area contributed by atoms with Crippen LogP contribution in [0.4, 0.5) is 4.39 Å². The van der Waals surface area contributed by atoms with E-state index in [0.717, 1.165) is 29.5 Å². The normalized spacial score (nSPS) is 10.7. The van der Waals surface area contributed by atoms with Crippen molar-refractivity contribution in [1.82, 2.24) is 4.98 Å². The number of aromatic nitrogens is 1. The molecule has 131 valence electrons. The molecule has 0 aliphatic heterocycles. The minimum atomic E-state index is -0.280. The maximum absolute atomic E-state index is 14.2. The Hall–Kier alpha value is -3.26. The first kappa shape index (κ1) is 17.2. The van der Waals surface area contributed by atoms with Crippen molar-refractivity contribution in [1.29, 1.82) is 0 Å². The molecule has 0 spiro atoms. The lowest BCUT2D eigenvalue weighted by molar-refractivity contribution is 0.630. The summed E-state index contributed by atoms with van der Waals surface area (Å²) in [5, 5.41) is 0. The van der Waals surface area contributed by atoms with Crippen molar-refractivity contribution in [2.75, 3.05) is 0 Å². The summed E-state index contributed by atoms with van der Waals surface area (Å²) in [6.45, 7) is 0. The van der Waals surface area contributed by atoms with Crippen molar-refractivity contribution in [3.05, 3.63) is 114 Å². The van der Waals surface area contributed by atoms with Crippen LogP contribution in [0, 0.1) is 11.9 Å². The van der Waals surface area contributed by atoms with Crippen LogP contribution in [0.25, 0.3) is 22.4 Å². The molecule has 1 nitrogen and oxygen atoms in total. The van der Waals surface area contributed by atoms with Crippen molar-refractivity contribution in [3.8, 4) is 22.4 Å². The molecule has 1 heterocycles. The second-order valence-electron chi connectivity index (χ2n) is 6.46. The first-order valence-corrected chi connectivity index (χ1v) is 9.07. The highest BCUT2D eigenvalue weighted by molar-refractivity contribution is 5.72. The molecule has 0 unspecified atom stereocenters. The van der Waals surface area contributed by atoms with E-state index in [9.17, 15) is 4.39 Å². The molecule has 1 aromatic heterocycles. The quantitative estimate of drug-likeness (QED) is 0.420. The van der Waals surface area contributed by atoms with Crippen LogP contribution in [-0.4, -0.2) is 4.98 Å². The van der Waals surface area contributed by atoms with Gasteiger partial charge in [-0.05, 0) is 47.2 Å². The highest BCUT2D eigenvalue weighted by Crippen LogP contribution is 2.29. The predicted octanol–water partition coefficient (Wildman–Crippen LogP) is 6.14. The van der Waals surface area contributed by atoms with Gasteiger partial charge in [-0.25, -0.2) is 4.39 Å². The van der Waals surface area contributed by atoms with E-state index in [4.69, 9.17) is 0 Å². The van der Waals surface area contributed by atoms with E-state index >= 15 is 0 Å². The van der Waals surface area contributed by atoms with Crippen LogP contribution in [0.2, 0.25) is 0 Å². The topological polar surface area (TPSA) is 12.9 Å². The fraction of sp³-hybridized carbons (Fsp3) is 0.0800. The molecule has 0 saturated carbocycles. The molecule has 3 aromatic carbocycles. The molecular formula is C25H19FN. The standard InChI is InChI=1S/C25H19FN/c26-24-14-8-7-13-22(24)25-17-23(20-11-5-2-6-12-20)21(18-27-25)16-15-19-9-3-1-4-10-19/h1-14,18H,15-16H2. The highest BCUT2D eigenvalue weighted by atomic mass is 19.1. The van der Waals surface area contributed by atoms with Crippen molar-refractivity contribution in [3.63, 3.8) is 0 Å². The summed E-state index contributed by atoms with van der Waals surface area (Å²) in [4.78, 5) is 4.51. The SMILES string of the molecule is Fc1ccccc1-c1[c]c(-c2ccccc2)c(CCc2ccccc2)cn1. The summed E-state index contributed by atoms with van der Waals surface area (Å²) in [6.07, 6.45) is 3.65. The lowest BCUT2D eigenvalue weighted by Gasteiger charge is -2.12. The van der Waals surface area contributed by atoms with Gasteiger partial charge >= 0.3 is 0 Å². The number of nitrogens with zero attached hydrogens (tertiary/aromatic N) is 1. The Balaban J connectivity index is 1.73. The Bertz CT molecular complexity index is 1030. The molecule has 4 rings (SSSR count). The molecule has 2 heteroatoms. The summed E-state index contributed by atoms with van der Waals surface area (Å²) >= 11 is 0. The molecule has 0 aliphatic carbocycles. The van der Waals surface area contributed by atoms with Gasteiger partial charge in [0, 0.05) is 17.8 Å². The van der Waals surface area contributed by atoms with Gasteiger partial charge in [0.1, 0.15) is 5.82 Å². The van der Waals surface area contributed by atoms with E-state index in [0.29, 0.717) is 11.3 Å². The van der Waals surface area contributed by atoms with Gasteiger partial charge in [0.2, 0.25) is 0 Å². The Morgan fingerprint density at radius 1 is 0.741 bits per heavy atom. The van der Waals surface area contributed by atoms with Crippen molar-refractivity contribution < 1.29 is 4.39 Å².